The maximum absolute atomic E-state index is 5.21. The zero-order valence-corrected chi connectivity index (χ0v) is 9.91. The highest BCUT2D eigenvalue weighted by Gasteiger charge is 1.92. The molecule has 2 aromatic rings. The van der Waals surface area contributed by atoms with Crippen molar-refractivity contribution in [1.82, 2.24) is 0 Å². The minimum atomic E-state index is 0.516. The molecular formula is C13H13NOS. The molecule has 0 radical (unpaired) electrons. The van der Waals surface area contributed by atoms with Gasteiger partial charge in [0.1, 0.15) is 6.61 Å². The van der Waals surface area contributed by atoms with Crippen molar-refractivity contribution in [3.63, 3.8) is 0 Å². The van der Waals surface area contributed by atoms with E-state index in [4.69, 9.17) is 4.84 Å². The summed E-state index contributed by atoms with van der Waals surface area (Å²) in [6, 6.07) is 12.2. The Morgan fingerprint density at radius 2 is 2.06 bits per heavy atom. The van der Waals surface area contributed by atoms with Crippen LogP contribution in [0.5, 0.6) is 0 Å². The number of aryl methyl sites for hydroxylation is 1. The highest BCUT2D eigenvalue weighted by atomic mass is 32.1. The first-order valence-corrected chi connectivity index (χ1v) is 5.97. The number of rotatable bonds is 4. The second-order valence-electron chi connectivity index (χ2n) is 3.51. The molecule has 0 fully saturated rings. The minimum absolute atomic E-state index is 0.516. The average molecular weight is 231 g/mol. The Hall–Kier alpha value is -1.61. The normalized spacial score (nSPS) is 10.8. The third-order valence-electron chi connectivity index (χ3n) is 2.15. The van der Waals surface area contributed by atoms with Crippen LogP contribution in [0.15, 0.2) is 46.9 Å². The van der Waals surface area contributed by atoms with Gasteiger partial charge in [-0.2, -0.15) is 0 Å². The molecule has 16 heavy (non-hydrogen) atoms. The molecule has 0 N–H and O–H groups in total. The average Bonchev–Trinajstić information content (AvgIpc) is 2.80. The van der Waals surface area contributed by atoms with Gasteiger partial charge in [0, 0.05) is 4.88 Å². The van der Waals surface area contributed by atoms with E-state index in [1.807, 2.05) is 17.5 Å². The van der Waals surface area contributed by atoms with Gasteiger partial charge in [0.2, 0.25) is 0 Å². The minimum Gasteiger partial charge on any atom is -0.391 e. The van der Waals surface area contributed by atoms with Gasteiger partial charge in [-0.15, -0.1) is 11.3 Å². The van der Waals surface area contributed by atoms with Crippen LogP contribution in [0.1, 0.15) is 16.0 Å². The smallest absolute Gasteiger partial charge is 0.142 e. The molecule has 0 saturated carbocycles. The van der Waals surface area contributed by atoms with E-state index in [0.29, 0.717) is 6.61 Å². The van der Waals surface area contributed by atoms with Gasteiger partial charge in [0.15, 0.2) is 0 Å². The van der Waals surface area contributed by atoms with Crippen molar-refractivity contribution < 1.29 is 4.84 Å². The van der Waals surface area contributed by atoms with Gasteiger partial charge >= 0.3 is 0 Å². The number of nitrogens with zero attached hydrogens (tertiary/aromatic N) is 1. The van der Waals surface area contributed by atoms with E-state index in [-0.39, 0.29) is 0 Å². The molecule has 2 nitrogen and oxygen atoms in total. The van der Waals surface area contributed by atoms with E-state index in [0.717, 1.165) is 10.4 Å². The summed E-state index contributed by atoms with van der Waals surface area (Å²) in [7, 11) is 0. The summed E-state index contributed by atoms with van der Waals surface area (Å²) in [5, 5.41) is 5.93. The zero-order chi connectivity index (χ0) is 11.2. The molecule has 1 aromatic carbocycles. The van der Waals surface area contributed by atoms with E-state index in [1.165, 1.54) is 5.56 Å². The van der Waals surface area contributed by atoms with Gasteiger partial charge in [-0.3, -0.25) is 0 Å². The lowest BCUT2D eigenvalue weighted by Crippen LogP contribution is -1.87. The van der Waals surface area contributed by atoms with Crippen molar-refractivity contribution in [3.05, 3.63) is 57.8 Å². The number of benzene rings is 1. The molecule has 0 saturated heterocycles. The molecule has 0 aliphatic heterocycles. The van der Waals surface area contributed by atoms with Crippen LogP contribution in [0.4, 0.5) is 0 Å². The van der Waals surface area contributed by atoms with Crippen LogP contribution in [0.3, 0.4) is 0 Å². The lowest BCUT2D eigenvalue weighted by molar-refractivity contribution is 0.132. The molecule has 0 aliphatic rings. The molecule has 0 bridgehead atoms. The van der Waals surface area contributed by atoms with Crippen molar-refractivity contribution in [2.45, 2.75) is 13.5 Å². The summed E-state index contributed by atoms with van der Waals surface area (Å²) < 4.78 is 0. The summed E-state index contributed by atoms with van der Waals surface area (Å²) in [6.07, 6.45) is 1.73. The first kappa shape index (κ1) is 10.9. The third kappa shape index (κ3) is 3.21. The summed E-state index contributed by atoms with van der Waals surface area (Å²) in [5.74, 6) is 0. The molecule has 0 unspecified atom stereocenters. The number of thiophene rings is 1. The third-order valence-corrected chi connectivity index (χ3v) is 2.96. The van der Waals surface area contributed by atoms with Crippen LogP contribution in [-0.4, -0.2) is 6.21 Å². The Labute approximate surface area is 99.2 Å². The van der Waals surface area contributed by atoms with Gasteiger partial charge < -0.3 is 4.84 Å². The van der Waals surface area contributed by atoms with E-state index >= 15 is 0 Å². The van der Waals surface area contributed by atoms with Crippen molar-refractivity contribution in [2.24, 2.45) is 5.16 Å². The van der Waals surface area contributed by atoms with Gasteiger partial charge in [0.05, 0.1) is 6.21 Å². The Morgan fingerprint density at radius 1 is 1.25 bits per heavy atom. The van der Waals surface area contributed by atoms with Crippen LogP contribution < -0.4 is 0 Å². The second kappa shape index (κ2) is 5.47. The lowest BCUT2D eigenvalue weighted by Gasteiger charge is -1.99. The SMILES string of the molecule is Cc1ccc(CO/N=C\c2cccs2)cc1. The summed E-state index contributed by atoms with van der Waals surface area (Å²) in [6.45, 7) is 2.59. The van der Waals surface area contributed by atoms with E-state index < -0.39 is 0 Å². The van der Waals surface area contributed by atoms with Gasteiger partial charge in [-0.25, -0.2) is 0 Å². The summed E-state index contributed by atoms with van der Waals surface area (Å²) in [5.41, 5.74) is 2.39. The van der Waals surface area contributed by atoms with Gasteiger partial charge in [-0.05, 0) is 23.9 Å². The molecule has 82 valence electrons. The Kier molecular flexibility index (Phi) is 3.72. The van der Waals surface area contributed by atoms with E-state index in [2.05, 4.69) is 36.3 Å². The fraction of sp³-hybridized carbons (Fsp3) is 0.154. The predicted molar refractivity (Wildman–Crippen MR) is 67.9 cm³/mol. The van der Waals surface area contributed by atoms with Crippen LogP contribution >= 0.6 is 11.3 Å². The van der Waals surface area contributed by atoms with E-state index in [9.17, 15) is 0 Å². The molecule has 0 spiro atoms. The van der Waals surface area contributed by atoms with E-state index in [1.54, 1.807) is 17.6 Å². The predicted octanol–water partition coefficient (Wildman–Crippen LogP) is 3.61. The highest BCUT2D eigenvalue weighted by molar-refractivity contribution is 7.11. The Morgan fingerprint density at radius 3 is 2.75 bits per heavy atom. The van der Waals surface area contributed by atoms with Gasteiger partial charge in [-0.1, -0.05) is 41.1 Å². The first-order chi connectivity index (χ1) is 7.84. The standard InChI is InChI=1S/C13H13NOS/c1-11-4-6-12(7-5-11)10-15-14-9-13-3-2-8-16-13/h2-9H,10H2,1H3/b14-9-. The Bertz CT molecular complexity index is 445. The number of hydrogen-bond donors (Lipinski definition) is 0. The molecular weight excluding hydrogens is 218 g/mol. The number of oxime groups is 1. The van der Waals surface area contributed by atoms with Crippen LogP contribution in [0, 0.1) is 6.92 Å². The molecule has 0 atom stereocenters. The van der Waals surface area contributed by atoms with Gasteiger partial charge in [0.25, 0.3) is 0 Å². The second-order valence-corrected chi connectivity index (χ2v) is 4.49. The van der Waals surface area contributed by atoms with Crippen molar-refractivity contribution >= 4 is 17.6 Å². The fourth-order valence-electron chi connectivity index (χ4n) is 1.25. The Balaban J connectivity index is 1.82. The molecule has 2 rings (SSSR count). The van der Waals surface area contributed by atoms with Crippen molar-refractivity contribution in [2.75, 3.05) is 0 Å². The molecule has 3 heteroatoms. The zero-order valence-electron chi connectivity index (χ0n) is 9.09. The quantitative estimate of drug-likeness (QED) is 0.582. The number of hydrogen-bond acceptors (Lipinski definition) is 3. The topological polar surface area (TPSA) is 21.6 Å². The molecule has 1 heterocycles. The summed E-state index contributed by atoms with van der Waals surface area (Å²) in [4.78, 5) is 6.31. The molecule has 1 aromatic heterocycles. The first-order valence-electron chi connectivity index (χ1n) is 5.09. The highest BCUT2D eigenvalue weighted by Crippen LogP contribution is 2.06. The molecule has 0 amide bonds. The van der Waals surface area contributed by atoms with Crippen LogP contribution in [0.25, 0.3) is 0 Å². The van der Waals surface area contributed by atoms with Crippen LogP contribution in [-0.2, 0) is 11.4 Å². The largest absolute Gasteiger partial charge is 0.391 e. The van der Waals surface area contributed by atoms with Crippen LogP contribution in [0.2, 0.25) is 0 Å². The van der Waals surface area contributed by atoms with Crippen molar-refractivity contribution in [1.29, 1.82) is 0 Å². The lowest BCUT2D eigenvalue weighted by atomic mass is 10.2. The summed E-state index contributed by atoms with van der Waals surface area (Å²) >= 11 is 1.64. The fourth-order valence-corrected chi connectivity index (χ4v) is 1.83. The maximum atomic E-state index is 5.21. The monoisotopic (exact) mass is 231 g/mol. The molecule has 0 aliphatic carbocycles. The van der Waals surface area contributed by atoms with Crippen molar-refractivity contribution in [3.8, 4) is 0 Å². The maximum Gasteiger partial charge on any atom is 0.142 e.